The summed E-state index contributed by atoms with van der Waals surface area (Å²) in [5.74, 6) is 0.105. The van der Waals surface area contributed by atoms with Gasteiger partial charge in [-0.25, -0.2) is 0 Å². The van der Waals surface area contributed by atoms with E-state index in [1.54, 1.807) is 13.1 Å². The van der Waals surface area contributed by atoms with Crippen LogP contribution in [-0.4, -0.2) is 10.8 Å². The minimum absolute atomic E-state index is 0.105. The maximum absolute atomic E-state index is 11.3. The molecule has 0 radical (unpaired) electrons. The summed E-state index contributed by atoms with van der Waals surface area (Å²) in [5.41, 5.74) is 2.71. The van der Waals surface area contributed by atoms with Crippen molar-refractivity contribution in [3.05, 3.63) is 41.6 Å². The van der Waals surface area contributed by atoms with Crippen LogP contribution in [0.1, 0.15) is 22.8 Å². The van der Waals surface area contributed by atoms with Gasteiger partial charge in [0.15, 0.2) is 5.78 Å². The maximum Gasteiger partial charge on any atom is 0.160 e. The molecule has 2 aromatic rings. The largest absolute Gasteiger partial charge is 0.295 e. The number of pyridine rings is 1. The van der Waals surface area contributed by atoms with Crippen LogP contribution >= 0.6 is 0 Å². The monoisotopic (exact) mass is 185 g/mol. The summed E-state index contributed by atoms with van der Waals surface area (Å²) >= 11 is 0. The fourth-order valence-corrected chi connectivity index (χ4v) is 1.60. The van der Waals surface area contributed by atoms with Gasteiger partial charge in [-0.1, -0.05) is 6.07 Å². The number of benzene rings is 1. The summed E-state index contributed by atoms with van der Waals surface area (Å²) in [4.78, 5) is 15.5. The SMILES string of the molecule is CC(=O)c1cc2cccnc2cc1C. The number of hydrogen-bond acceptors (Lipinski definition) is 2. The molecule has 2 nitrogen and oxygen atoms in total. The van der Waals surface area contributed by atoms with E-state index >= 15 is 0 Å². The van der Waals surface area contributed by atoms with Crippen molar-refractivity contribution in [1.29, 1.82) is 0 Å². The molecule has 0 aliphatic heterocycles. The van der Waals surface area contributed by atoms with E-state index < -0.39 is 0 Å². The number of fused-ring (bicyclic) bond motifs is 1. The zero-order valence-corrected chi connectivity index (χ0v) is 8.24. The van der Waals surface area contributed by atoms with Gasteiger partial charge in [-0.2, -0.15) is 0 Å². The Kier molecular flexibility index (Phi) is 2.04. The third-order valence-corrected chi connectivity index (χ3v) is 2.33. The van der Waals surface area contributed by atoms with Crippen LogP contribution in [0.3, 0.4) is 0 Å². The minimum atomic E-state index is 0.105. The molecule has 0 saturated heterocycles. The number of aryl methyl sites for hydroxylation is 1. The molecule has 14 heavy (non-hydrogen) atoms. The van der Waals surface area contributed by atoms with Crippen LogP contribution in [0.5, 0.6) is 0 Å². The van der Waals surface area contributed by atoms with Gasteiger partial charge >= 0.3 is 0 Å². The number of aromatic nitrogens is 1. The van der Waals surface area contributed by atoms with Crippen molar-refractivity contribution in [2.24, 2.45) is 0 Å². The second kappa shape index (κ2) is 3.22. The standard InChI is InChI=1S/C12H11NO/c1-8-6-12-10(4-3-5-13-12)7-11(8)9(2)14/h3-7H,1-2H3. The molecule has 0 amide bonds. The lowest BCUT2D eigenvalue weighted by Gasteiger charge is -2.03. The molecule has 0 saturated carbocycles. The number of hydrogen-bond donors (Lipinski definition) is 0. The Morgan fingerprint density at radius 2 is 2.14 bits per heavy atom. The molecule has 1 heterocycles. The normalized spacial score (nSPS) is 10.4. The molecule has 1 aromatic heterocycles. The Morgan fingerprint density at radius 3 is 2.86 bits per heavy atom. The molecular formula is C12H11NO. The molecule has 1 aromatic carbocycles. The average molecular weight is 185 g/mol. The van der Waals surface area contributed by atoms with Crippen molar-refractivity contribution < 1.29 is 4.79 Å². The Hall–Kier alpha value is -1.70. The first-order valence-corrected chi connectivity index (χ1v) is 4.55. The van der Waals surface area contributed by atoms with Gasteiger partial charge in [-0.15, -0.1) is 0 Å². The van der Waals surface area contributed by atoms with Crippen molar-refractivity contribution in [1.82, 2.24) is 4.98 Å². The zero-order valence-electron chi connectivity index (χ0n) is 8.24. The smallest absolute Gasteiger partial charge is 0.160 e. The highest BCUT2D eigenvalue weighted by molar-refractivity contribution is 5.99. The Morgan fingerprint density at radius 1 is 1.36 bits per heavy atom. The summed E-state index contributed by atoms with van der Waals surface area (Å²) in [7, 11) is 0. The van der Waals surface area contributed by atoms with Crippen LogP contribution in [0, 0.1) is 6.92 Å². The summed E-state index contributed by atoms with van der Waals surface area (Å²) in [6.07, 6.45) is 1.76. The van der Waals surface area contributed by atoms with Gasteiger partial charge in [0.05, 0.1) is 5.52 Å². The van der Waals surface area contributed by atoms with E-state index in [0.717, 1.165) is 22.0 Å². The van der Waals surface area contributed by atoms with Crippen molar-refractivity contribution in [3.8, 4) is 0 Å². The number of nitrogens with zero attached hydrogens (tertiary/aromatic N) is 1. The van der Waals surface area contributed by atoms with Crippen LogP contribution in [0.4, 0.5) is 0 Å². The summed E-state index contributed by atoms with van der Waals surface area (Å²) < 4.78 is 0. The third kappa shape index (κ3) is 1.39. The molecule has 0 unspecified atom stereocenters. The van der Waals surface area contributed by atoms with Crippen LogP contribution in [-0.2, 0) is 0 Å². The molecule has 70 valence electrons. The fourth-order valence-electron chi connectivity index (χ4n) is 1.60. The summed E-state index contributed by atoms with van der Waals surface area (Å²) in [6.45, 7) is 3.52. The number of rotatable bonds is 1. The topological polar surface area (TPSA) is 30.0 Å². The molecule has 0 aliphatic carbocycles. The summed E-state index contributed by atoms with van der Waals surface area (Å²) in [6, 6.07) is 7.70. The Bertz CT molecular complexity index is 503. The highest BCUT2D eigenvalue weighted by Crippen LogP contribution is 2.17. The predicted octanol–water partition coefficient (Wildman–Crippen LogP) is 2.75. The van der Waals surface area contributed by atoms with E-state index in [1.807, 2.05) is 31.2 Å². The predicted molar refractivity (Wildman–Crippen MR) is 56.5 cm³/mol. The number of carbonyl (C=O) groups is 1. The zero-order chi connectivity index (χ0) is 10.1. The second-order valence-corrected chi connectivity index (χ2v) is 3.42. The van der Waals surface area contributed by atoms with Crippen molar-refractivity contribution >= 4 is 16.7 Å². The number of Topliss-reactive ketones (excluding diaryl/α,β-unsaturated/α-hetero) is 1. The third-order valence-electron chi connectivity index (χ3n) is 2.33. The molecular weight excluding hydrogens is 174 g/mol. The molecule has 2 heteroatoms. The first-order chi connectivity index (χ1) is 6.68. The van der Waals surface area contributed by atoms with Gasteiger partial charge in [0, 0.05) is 17.1 Å². The van der Waals surface area contributed by atoms with E-state index in [-0.39, 0.29) is 5.78 Å². The number of ketones is 1. The van der Waals surface area contributed by atoms with Gasteiger partial charge in [0.25, 0.3) is 0 Å². The van der Waals surface area contributed by atoms with E-state index in [0.29, 0.717) is 0 Å². The molecule has 0 fully saturated rings. The highest BCUT2D eigenvalue weighted by Gasteiger charge is 2.05. The van der Waals surface area contributed by atoms with Crippen LogP contribution < -0.4 is 0 Å². The van der Waals surface area contributed by atoms with Gasteiger partial charge in [-0.05, 0) is 37.6 Å². The molecule has 0 bridgehead atoms. The van der Waals surface area contributed by atoms with E-state index in [2.05, 4.69) is 4.98 Å². The molecule has 0 atom stereocenters. The number of carbonyl (C=O) groups excluding carboxylic acids is 1. The Balaban J connectivity index is 2.77. The first-order valence-electron chi connectivity index (χ1n) is 4.55. The first kappa shape index (κ1) is 8.88. The van der Waals surface area contributed by atoms with E-state index in [1.165, 1.54) is 0 Å². The van der Waals surface area contributed by atoms with Gasteiger partial charge in [0.2, 0.25) is 0 Å². The Labute approximate surface area is 82.6 Å². The lowest BCUT2D eigenvalue weighted by Crippen LogP contribution is -1.96. The molecule has 0 spiro atoms. The molecule has 2 rings (SSSR count). The second-order valence-electron chi connectivity index (χ2n) is 3.42. The van der Waals surface area contributed by atoms with Crippen molar-refractivity contribution in [2.75, 3.05) is 0 Å². The van der Waals surface area contributed by atoms with Crippen LogP contribution in [0.15, 0.2) is 30.5 Å². The lowest BCUT2D eigenvalue weighted by molar-refractivity contribution is 0.101. The fraction of sp³-hybridized carbons (Fsp3) is 0.167. The van der Waals surface area contributed by atoms with Gasteiger partial charge in [0.1, 0.15) is 0 Å². The maximum atomic E-state index is 11.3. The minimum Gasteiger partial charge on any atom is -0.295 e. The highest BCUT2D eigenvalue weighted by atomic mass is 16.1. The summed E-state index contributed by atoms with van der Waals surface area (Å²) in [5, 5.41) is 1.02. The van der Waals surface area contributed by atoms with Crippen LogP contribution in [0.2, 0.25) is 0 Å². The molecule has 0 aliphatic rings. The van der Waals surface area contributed by atoms with E-state index in [4.69, 9.17) is 0 Å². The van der Waals surface area contributed by atoms with Gasteiger partial charge < -0.3 is 0 Å². The van der Waals surface area contributed by atoms with E-state index in [9.17, 15) is 4.79 Å². The van der Waals surface area contributed by atoms with Crippen LogP contribution in [0.25, 0.3) is 10.9 Å². The lowest BCUT2D eigenvalue weighted by atomic mass is 10.0. The van der Waals surface area contributed by atoms with Crippen molar-refractivity contribution in [2.45, 2.75) is 13.8 Å². The molecule has 0 N–H and O–H groups in total. The van der Waals surface area contributed by atoms with Crippen molar-refractivity contribution in [3.63, 3.8) is 0 Å². The quantitative estimate of drug-likeness (QED) is 0.639. The average Bonchev–Trinajstić information content (AvgIpc) is 2.16. The van der Waals surface area contributed by atoms with Gasteiger partial charge in [-0.3, -0.25) is 9.78 Å².